The van der Waals surface area contributed by atoms with Gasteiger partial charge < -0.3 is 9.32 Å². The summed E-state index contributed by atoms with van der Waals surface area (Å²) in [7, 11) is 0. The van der Waals surface area contributed by atoms with Crippen LogP contribution in [0.1, 0.15) is 34.1 Å². The number of benzene rings is 2. The summed E-state index contributed by atoms with van der Waals surface area (Å²) in [5.74, 6) is 0.480. The Labute approximate surface area is 141 Å². The fourth-order valence-corrected chi connectivity index (χ4v) is 3.51. The first kappa shape index (κ1) is 14.8. The summed E-state index contributed by atoms with van der Waals surface area (Å²) in [5, 5.41) is 0. The van der Waals surface area contributed by atoms with Gasteiger partial charge in [0, 0.05) is 18.7 Å². The van der Waals surface area contributed by atoms with Crippen LogP contribution in [0.4, 0.5) is 5.69 Å². The Morgan fingerprint density at radius 2 is 1.79 bits per heavy atom. The zero-order valence-corrected chi connectivity index (χ0v) is 13.4. The maximum atomic E-state index is 12.6. The molecule has 2 heterocycles. The summed E-state index contributed by atoms with van der Waals surface area (Å²) >= 11 is 0. The van der Waals surface area contributed by atoms with Gasteiger partial charge in [0.15, 0.2) is 11.5 Å². The van der Waals surface area contributed by atoms with E-state index in [0.29, 0.717) is 12.2 Å². The van der Waals surface area contributed by atoms with E-state index in [1.807, 2.05) is 18.2 Å². The molecule has 1 aliphatic heterocycles. The number of anilines is 1. The van der Waals surface area contributed by atoms with Crippen molar-refractivity contribution in [2.45, 2.75) is 18.9 Å². The molecule has 1 aromatic heterocycles. The predicted molar refractivity (Wildman–Crippen MR) is 94.3 cm³/mol. The van der Waals surface area contributed by atoms with Crippen LogP contribution in [0.25, 0.3) is 0 Å². The van der Waals surface area contributed by atoms with Gasteiger partial charge in [-0.15, -0.1) is 0 Å². The van der Waals surface area contributed by atoms with Crippen molar-refractivity contribution in [1.29, 1.82) is 0 Å². The van der Waals surface area contributed by atoms with Crippen LogP contribution >= 0.6 is 0 Å². The minimum atomic E-state index is 0.0370. The third-order valence-corrected chi connectivity index (χ3v) is 4.67. The number of carbonyl (C=O) groups excluding carboxylic acids is 1. The van der Waals surface area contributed by atoms with Crippen LogP contribution in [-0.4, -0.2) is 12.3 Å². The molecule has 120 valence electrons. The van der Waals surface area contributed by atoms with Crippen LogP contribution in [0.3, 0.4) is 0 Å². The van der Waals surface area contributed by atoms with Crippen LogP contribution in [-0.2, 0) is 6.42 Å². The highest BCUT2D eigenvalue weighted by Gasteiger charge is 2.30. The molecule has 0 saturated heterocycles. The van der Waals surface area contributed by atoms with Crippen LogP contribution in [0.15, 0.2) is 77.4 Å². The topological polar surface area (TPSA) is 33.5 Å². The van der Waals surface area contributed by atoms with Gasteiger partial charge in [0.25, 0.3) is 0 Å². The molecular weight excluding hydrogens is 298 g/mol. The van der Waals surface area contributed by atoms with E-state index in [-0.39, 0.29) is 11.8 Å². The van der Waals surface area contributed by atoms with E-state index in [0.717, 1.165) is 18.7 Å². The molecule has 1 atom stereocenters. The second-order valence-corrected chi connectivity index (χ2v) is 6.10. The largest absolute Gasteiger partial charge is 0.461 e. The standard InChI is InChI=1S/C21H19NO2/c23-20(21-11-6-14-24-21)15-19-18-10-5-4-7-16(18)12-13-22(19)17-8-2-1-3-9-17/h1-11,14,19H,12-13,15H2. The highest BCUT2D eigenvalue weighted by molar-refractivity contribution is 5.94. The van der Waals surface area contributed by atoms with E-state index in [9.17, 15) is 4.79 Å². The van der Waals surface area contributed by atoms with E-state index < -0.39 is 0 Å². The molecule has 0 saturated carbocycles. The molecular formula is C21H19NO2. The van der Waals surface area contributed by atoms with Gasteiger partial charge >= 0.3 is 0 Å². The smallest absolute Gasteiger partial charge is 0.200 e. The molecule has 4 rings (SSSR count). The lowest BCUT2D eigenvalue weighted by Gasteiger charge is -2.38. The van der Waals surface area contributed by atoms with E-state index in [4.69, 9.17) is 4.42 Å². The average molecular weight is 317 g/mol. The van der Waals surface area contributed by atoms with Crippen molar-refractivity contribution in [1.82, 2.24) is 0 Å². The van der Waals surface area contributed by atoms with Gasteiger partial charge in [-0.3, -0.25) is 4.79 Å². The molecule has 0 bridgehead atoms. The van der Waals surface area contributed by atoms with Gasteiger partial charge in [-0.1, -0.05) is 42.5 Å². The van der Waals surface area contributed by atoms with Crippen LogP contribution in [0.2, 0.25) is 0 Å². The van der Waals surface area contributed by atoms with Gasteiger partial charge in [0.05, 0.1) is 12.3 Å². The first-order chi connectivity index (χ1) is 11.8. The average Bonchev–Trinajstić information content (AvgIpc) is 3.17. The van der Waals surface area contributed by atoms with E-state index in [1.54, 1.807) is 18.4 Å². The maximum Gasteiger partial charge on any atom is 0.200 e. The van der Waals surface area contributed by atoms with Gasteiger partial charge in [0.1, 0.15) is 0 Å². The molecule has 0 N–H and O–H groups in total. The lowest BCUT2D eigenvalue weighted by atomic mass is 9.89. The zero-order chi connectivity index (χ0) is 16.4. The number of Topliss-reactive ketones (excluding diaryl/α,β-unsaturated/α-hetero) is 1. The molecule has 0 amide bonds. The number of carbonyl (C=O) groups is 1. The Kier molecular flexibility index (Phi) is 3.91. The first-order valence-electron chi connectivity index (χ1n) is 8.29. The second kappa shape index (κ2) is 6.36. The Morgan fingerprint density at radius 3 is 2.58 bits per heavy atom. The van der Waals surface area contributed by atoms with E-state index in [1.165, 1.54) is 11.1 Å². The lowest BCUT2D eigenvalue weighted by Crippen LogP contribution is -2.36. The number of nitrogens with zero attached hydrogens (tertiary/aromatic N) is 1. The number of hydrogen-bond donors (Lipinski definition) is 0. The van der Waals surface area contributed by atoms with E-state index in [2.05, 4.69) is 41.3 Å². The molecule has 0 radical (unpaired) electrons. The third kappa shape index (κ3) is 2.73. The summed E-state index contributed by atoms with van der Waals surface area (Å²) in [6, 6.07) is 22.3. The fourth-order valence-electron chi connectivity index (χ4n) is 3.51. The van der Waals surface area contributed by atoms with Crippen molar-refractivity contribution in [3.8, 4) is 0 Å². The Balaban J connectivity index is 1.71. The summed E-state index contributed by atoms with van der Waals surface area (Å²) in [6.45, 7) is 0.914. The van der Waals surface area contributed by atoms with Crippen molar-refractivity contribution < 1.29 is 9.21 Å². The highest BCUT2D eigenvalue weighted by atomic mass is 16.3. The Hall–Kier alpha value is -2.81. The molecule has 3 heteroatoms. The quantitative estimate of drug-likeness (QED) is 0.656. The molecule has 3 aromatic rings. The second-order valence-electron chi connectivity index (χ2n) is 6.10. The van der Waals surface area contributed by atoms with Crippen molar-refractivity contribution in [2.75, 3.05) is 11.4 Å². The van der Waals surface area contributed by atoms with Crippen molar-refractivity contribution in [2.24, 2.45) is 0 Å². The molecule has 0 spiro atoms. The summed E-state index contributed by atoms with van der Waals surface area (Å²) in [6.07, 6.45) is 2.97. The van der Waals surface area contributed by atoms with Crippen molar-refractivity contribution >= 4 is 11.5 Å². The van der Waals surface area contributed by atoms with E-state index >= 15 is 0 Å². The van der Waals surface area contributed by atoms with Crippen molar-refractivity contribution in [3.63, 3.8) is 0 Å². The number of para-hydroxylation sites is 1. The number of fused-ring (bicyclic) bond motifs is 1. The Bertz CT molecular complexity index is 824. The van der Waals surface area contributed by atoms with Crippen LogP contribution in [0.5, 0.6) is 0 Å². The van der Waals surface area contributed by atoms with Gasteiger partial charge in [-0.05, 0) is 41.8 Å². The predicted octanol–water partition coefficient (Wildman–Crippen LogP) is 4.66. The fraction of sp³-hybridized carbons (Fsp3) is 0.190. The molecule has 2 aromatic carbocycles. The molecule has 1 aliphatic rings. The third-order valence-electron chi connectivity index (χ3n) is 4.67. The van der Waals surface area contributed by atoms with Crippen LogP contribution in [0, 0.1) is 0 Å². The number of furan rings is 1. The SMILES string of the molecule is O=C(CC1c2ccccc2CCN1c1ccccc1)c1ccco1. The zero-order valence-electron chi connectivity index (χ0n) is 13.4. The lowest BCUT2D eigenvalue weighted by molar-refractivity contribution is 0.0945. The molecule has 24 heavy (non-hydrogen) atoms. The number of hydrogen-bond acceptors (Lipinski definition) is 3. The van der Waals surface area contributed by atoms with Gasteiger partial charge in [-0.25, -0.2) is 0 Å². The number of ketones is 1. The maximum absolute atomic E-state index is 12.6. The summed E-state index contributed by atoms with van der Waals surface area (Å²) in [4.78, 5) is 15.0. The minimum Gasteiger partial charge on any atom is -0.461 e. The normalized spacial score (nSPS) is 16.7. The minimum absolute atomic E-state index is 0.0370. The van der Waals surface area contributed by atoms with Gasteiger partial charge in [0.2, 0.25) is 0 Å². The highest BCUT2D eigenvalue weighted by Crippen LogP contribution is 2.36. The number of rotatable bonds is 4. The molecule has 0 aliphatic carbocycles. The van der Waals surface area contributed by atoms with Gasteiger partial charge in [-0.2, -0.15) is 0 Å². The Morgan fingerprint density at radius 1 is 1.00 bits per heavy atom. The molecule has 1 unspecified atom stereocenters. The molecule has 0 fully saturated rings. The van der Waals surface area contributed by atoms with Crippen molar-refractivity contribution in [3.05, 3.63) is 89.9 Å². The summed E-state index contributed by atoms with van der Waals surface area (Å²) in [5.41, 5.74) is 3.73. The molecule has 3 nitrogen and oxygen atoms in total. The van der Waals surface area contributed by atoms with Crippen LogP contribution < -0.4 is 4.90 Å². The first-order valence-corrected chi connectivity index (χ1v) is 8.29. The summed E-state index contributed by atoms with van der Waals surface area (Å²) < 4.78 is 5.30. The monoisotopic (exact) mass is 317 g/mol.